The molecule has 0 spiro atoms. The molecule has 3 heteroatoms. The number of amides is 1. The second-order valence-corrected chi connectivity index (χ2v) is 4.39. The van der Waals surface area contributed by atoms with Crippen molar-refractivity contribution < 1.29 is 4.79 Å². The van der Waals surface area contributed by atoms with E-state index in [1.807, 2.05) is 7.05 Å². The van der Waals surface area contributed by atoms with Gasteiger partial charge >= 0.3 is 0 Å². The lowest BCUT2D eigenvalue weighted by Crippen LogP contribution is -2.29. The van der Waals surface area contributed by atoms with E-state index in [2.05, 4.69) is 33.0 Å². The van der Waals surface area contributed by atoms with Gasteiger partial charge in [0.1, 0.15) is 0 Å². The molecule has 1 N–H and O–H groups in total. The molecule has 0 aromatic rings. The van der Waals surface area contributed by atoms with Gasteiger partial charge in [0.2, 0.25) is 5.91 Å². The number of hydrogen-bond acceptors (Lipinski definition) is 2. The Hall–Kier alpha value is -0.570. The summed E-state index contributed by atoms with van der Waals surface area (Å²) in [5.41, 5.74) is 0. The van der Waals surface area contributed by atoms with E-state index in [0.29, 0.717) is 18.0 Å². The lowest BCUT2D eigenvalue weighted by molar-refractivity contribution is -0.126. The second-order valence-electron chi connectivity index (χ2n) is 4.39. The van der Waals surface area contributed by atoms with Crippen molar-refractivity contribution in [2.45, 2.75) is 52.6 Å². The normalized spacial score (nSPS) is 16.2. The van der Waals surface area contributed by atoms with Crippen LogP contribution in [-0.4, -0.2) is 36.5 Å². The molecule has 1 saturated heterocycles. The van der Waals surface area contributed by atoms with E-state index in [4.69, 9.17) is 0 Å². The van der Waals surface area contributed by atoms with E-state index in [9.17, 15) is 4.79 Å². The van der Waals surface area contributed by atoms with Crippen molar-refractivity contribution in [1.82, 2.24) is 10.2 Å². The minimum absolute atomic E-state index is 0.292. The highest BCUT2D eigenvalue weighted by Crippen LogP contribution is 2.04. The summed E-state index contributed by atoms with van der Waals surface area (Å²) >= 11 is 0. The van der Waals surface area contributed by atoms with Crippen LogP contribution >= 0.6 is 0 Å². The number of rotatable bonds is 2. The maximum atomic E-state index is 10.5. The standard InChI is InChI=1S/C6H15N.C5H9NO/c1-5(2)7-6(3)4;1-6-4-2-3-5(6)7/h5-7H,1-4H3;2-4H2,1H3. The lowest BCUT2D eigenvalue weighted by atomic mass is 10.3. The fourth-order valence-electron chi connectivity index (χ4n) is 1.45. The maximum Gasteiger partial charge on any atom is 0.222 e. The highest BCUT2D eigenvalue weighted by atomic mass is 16.2. The molecule has 84 valence electrons. The SMILES string of the molecule is CC(C)NC(C)C.CN1CCCC1=O. The van der Waals surface area contributed by atoms with Crippen LogP contribution in [0.25, 0.3) is 0 Å². The smallest absolute Gasteiger partial charge is 0.222 e. The van der Waals surface area contributed by atoms with Crippen molar-refractivity contribution in [3.05, 3.63) is 0 Å². The Bertz CT molecular complexity index is 161. The predicted molar refractivity (Wildman–Crippen MR) is 60.3 cm³/mol. The van der Waals surface area contributed by atoms with Crippen molar-refractivity contribution in [3.8, 4) is 0 Å². The summed E-state index contributed by atoms with van der Waals surface area (Å²) in [6.07, 6.45) is 1.81. The number of nitrogens with one attached hydrogen (secondary N) is 1. The van der Waals surface area contributed by atoms with E-state index < -0.39 is 0 Å². The largest absolute Gasteiger partial charge is 0.346 e. The van der Waals surface area contributed by atoms with Crippen molar-refractivity contribution in [3.63, 3.8) is 0 Å². The van der Waals surface area contributed by atoms with E-state index in [1.54, 1.807) is 4.90 Å². The average Bonchev–Trinajstić information content (AvgIpc) is 2.34. The van der Waals surface area contributed by atoms with Gasteiger partial charge < -0.3 is 10.2 Å². The van der Waals surface area contributed by atoms with Crippen molar-refractivity contribution in [1.29, 1.82) is 0 Å². The van der Waals surface area contributed by atoms with Crippen LogP contribution in [0.1, 0.15) is 40.5 Å². The van der Waals surface area contributed by atoms with Crippen LogP contribution in [-0.2, 0) is 4.79 Å². The predicted octanol–water partition coefficient (Wildman–Crippen LogP) is 1.63. The third kappa shape index (κ3) is 6.89. The van der Waals surface area contributed by atoms with Crippen LogP contribution in [0.3, 0.4) is 0 Å². The van der Waals surface area contributed by atoms with Crippen LogP contribution in [0.4, 0.5) is 0 Å². The molecule has 0 bridgehead atoms. The van der Waals surface area contributed by atoms with Gasteiger partial charge in [-0.3, -0.25) is 4.79 Å². The summed E-state index contributed by atoms with van der Waals surface area (Å²) in [6.45, 7) is 9.57. The Morgan fingerprint density at radius 3 is 1.79 bits per heavy atom. The van der Waals surface area contributed by atoms with Gasteiger partial charge in [-0.2, -0.15) is 0 Å². The maximum absolute atomic E-state index is 10.5. The fourth-order valence-corrected chi connectivity index (χ4v) is 1.45. The Kier molecular flexibility index (Phi) is 6.54. The quantitative estimate of drug-likeness (QED) is 0.735. The van der Waals surface area contributed by atoms with Crippen molar-refractivity contribution >= 4 is 5.91 Å². The zero-order chi connectivity index (χ0) is 11.1. The summed E-state index contributed by atoms with van der Waals surface area (Å²) in [4.78, 5) is 12.3. The molecular formula is C11H24N2O. The monoisotopic (exact) mass is 200 g/mol. The first-order valence-corrected chi connectivity index (χ1v) is 5.43. The highest BCUT2D eigenvalue weighted by Gasteiger charge is 2.14. The van der Waals surface area contributed by atoms with Gasteiger partial charge in [-0.1, -0.05) is 27.7 Å². The Balaban J connectivity index is 0.000000241. The minimum Gasteiger partial charge on any atom is -0.346 e. The molecule has 0 aromatic heterocycles. The number of carbonyl (C=O) groups excluding carboxylic acids is 1. The Morgan fingerprint density at radius 2 is 1.71 bits per heavy atom. The zero-order valence-corrected chi connectivity index (χ0v) is 10.1. The summed E-state index contributed by atoms with van der Waals surface area (Å²) in [7, 11) is 1.84. The molecule has 3 nitrogen and oxygen atoms in total. The molecular weight excluding hydrogens is 176 g/mol. The van der Waals surface area contributed by atoms with Gasteiger partial charge in [0.15, 0.2) is 0 Å². The zero-order valence-electron chi connectivity index (χ0n) is 10.1. The second kappa shape index (κ2) is 6.82. The van der Waals surface area contributed by atoms with Gasteiger partial charge in [-0.05, 0) is 6.42 Å². The first-order chi connectivity index (χ1) is 6.43. The highest BCUT2D eigenvalue weighted by molar-refractivity contribution is 5.77. The van der Waals surface area contributed by atoms with Crippen molar-refractivity contribution in [2.75, 3.05) is 13.6 Å². The van der Waals surface area contributed by atoms with Gasteiger partial charge in [0.25, 0.3) is 0 Å². The van der Waals surface area contributed by atoms with Crippen LogP contribution in [0.5, 0.6) is 0 Å². The van der Waals surface area contributed by atoms with E-state index in [1.165, 1.54) is 0 Å². The fraction of sp³-hybridized carbons (Fsp3) is 0.909. The Labute approximate surface area is 87.9 Å². The topological polar surface area (TPSA) is 32.3 Å². The third-order valence-corrected chi connectivity index (χ3v) is 1.98. The van der Waals surface area contributed by atoms with Crippen LogP contribution in [0.2, 0.25) is 0 Å². The van der Waals surface area contributed by atoms with Gasteiger partial charge in [0, 0.05) is 32.1 Å². The van der Waals surface area contributed by atoms with Crippen LogP contribution in [0.15, 0.2) is 0 Å². The number of nitrogens with zero attached hydrogens (tertiary/aromatic N) is 1. The molecule has 1 aliphatic heterocycles. The van der Waals surface area contributed by atoms with Gasteiger partial charge in [-0.25, -0.2) is 0 Å². The molecule has 0 atom stereocenters. The number of likely N-dealkylation sites (tertiary alicyclic amines) is 1. The molecule has 0 aromatic carbocycles. The lowest BCUT2D eigenvalue weighted by Gasteiger charge is -2.10. The molecule has 0 radical (unpaired) electrons. The molecule has 1 fully saturated rings. The van der Waals surface area contributed by atoms with Gasteiger partial charge in [-0.15, -0.1) is 0 Å². The summed E-state index contributed by atoms with van der Waals surface area (Å²) in [5.74, 6) is 0.292. The molecule has 1 amide bonds. The first kappa shape index (κ1) is 13.4. The summed E-state index contributed by atoms with van der Waals surface area (Å²) in [5, 5.41) is 3.31. The third-order valence-electron chi connectivity index (χ3n) is 1.98. The summed E-state index contributed by atoms with van der Waals surface area (Å²) in [6, 6.07) is 1.25. The molecule has 0 aliphatic carbocycles. The van der Waals surface area contributed by atoms with Gasteiger partial charge in [0.05, 0.1) is 0 Å². The number of hydrogen-bond donors (Lipinski definition) is 1. The van der Waals surface area contributed by atoms with Crippen LogP contribution in [0, 0.1) is 0 Å². The van der Waals surface area contributed by atoms with E-state index >= 15 is 0 Å². The molecule has 1 rings (SSSR count). The minimum atomic E-state index is 0.292. The summed E-state index contributed by atoms with van der Waals surface area (Å²) < 4.78 is 0. The van der Waals surface area contributed by atoms with E-state index in [0.717, 1.165) is 19.4 Å². The molecule has 0 unspecified atom stereocenters. The Morgan fingerprint density at radius 1 is 1.21 bits per heavy atom. The number of carbonyl (C=O) groups is 1. The molecule has 0 saturated carbocycles. The van der Waals surface area contributed by atoms with Crippen molar-refractivity contribution in [2.24, 2.45) is 0 Å². The van der Waals surface area contributed by atoms with E-state index in [-0.39, 0.29) is 0 Å². The molecule has 1 heterocycles. The first-order valence-electron chi connectivity index (χ1n) is 5.43. The molecule has 14 heavy (non-hydrogen) atoms. The van der Waals surface area contributed by atoms with Crippen LogP contribution < -0.4 is 5.32 Å². The molecule has 1 aliphatic rings. The average molecular weight is 200 g/mol.